The first-order valence-electron chi connectivity index (χ1n) is 5.06. The zero-order valence-electron chi connectivity index (χ0n) is 9.28. The van der Waals surface area contributed by atoms with Gasteiger partial charge in [0.2, 0.25) is 0 Å². The number of nitrogens with one attached hydrogen (secondary N) is 1. The number of alkyl halides is 2. The van der Waals surface area contributed by atoms with Gasteiger partial charge in [0.25, 0.3) is 5.91 Å². The Hall–Kier alpha value is -1.21. The van der Waals surface area contributed by atoms with Crippen molar-refractivity contribution in [3.05, 3.63) is 16.3 Å². The summed E-state index contributed by atoms with van der Waals surface area (Å²) in [5.41, 5.74) is 5.52. The van der Waals surface area contributed by atoms with E-state index in [4.69, 9.17) is 5.73 Å². The van der Waals surface area contributed by atoms with Gasteiger partial charge in [-0.2, -0.15) is 8.78 Å². The van der Waals surface area contributed by atoms with E-state index in [0.29, 0.717) is 13.0 Å². The molecular formula is C10H14F2N2O2S. The lowest BCUT2D eigenvalue weighted by atomic mass is 10.2. The molecule has 0 aromatic carbocycles. The van der Waals surface area contributed by atoms with E-state index in [1.165, 1.54) is 11.4 Å². The summed E-state index contributed by atoms with van der Waals surface area (Å²) in [5.74, 6) is -0.514. The summed E-state index contributed by atoms with van der Waals surface area (Å²) in [4.78, 5) is 11.8. The number of rotatable bonds is 6. The summed E-state index contributed by atoms with van der Waals surface area (Å²) in [6.45, 7) is -0.703. The molecule has 1 heterocycles. The number of hydrogen-bond acceptors (Lipinski definition) is 4. The largest absolute Gasteiger partial charge is 0.433 e. The summed E-state index contributed by atoms with van der Waals surface area (Å²) in [6.07, 6.45) is 0.627. The average Bonchev–Trinajstić information content (AvgIpc) is 2.64. The summed E-state index contributed by atoms with van der Waals surface area (Å²) in [6, 6.07) is 1.33. The third-order valence-electron chi connectivity index (χ3n) is 1.94. The maximum absolute atomic E-state index is 12.0. The molecule has 0 aliphatic heterocycles. The van der Waals surface area contributed by atoms with E-state index in [2.05, 4.69) is 10.1 Å². The summed E-state index contributed by atoms with van der Waals surface area (Å²) in [7, 11) is 0. The van der Waals surface area contributed by atoms with Crippen LogP contribution in [-0.4, -0.2) is 25.1 Å². The van der Waals surface area contributed by atoms with Crippen LogP contribution in [0.25, 0.3) is 0 Å². The van der Waals surface area contributed by atoms with Crippen molar-refractivity contribution < 1.29 is 18.3 Å². The van der Waals surface area contributed by atoms with Gasteiger partial charge in [0.15, 0.2) is 0 Å². The van der Waals surface area contributed by atoms with Crippen molar-refractivity contribution >= 4 is 17.2 Å². The molecule has 0 saturated carbocycles. The highest BCUT2D eigenvalue weighted by molar-refractivity contribution is 7.12. The Kier molecular flexibility index (Phi) is 5.30. The molecule has 1 aromatic heterocycles. The predicted octanol–water partition coefficient (Wildman–Crippen LogP) is 1.82. The van der Waals surface area contributed by atoms with Gasteiger partial charge in [-0.25, -0.2) is 0 Å². The average molecular weight is 264 g/mol. The highest BCUT2D eigenvalue weighted by Gasteiger charge is 2.16. The molecule has 17 heavy (non-hydrogen) atoms. The van der Waals surface area contributed by atoms with Crippen LogP contribution in [0.4, 0.5) is 8.78 Å². The molecule has 1 unspecified atom stereocenters. The van der Waals surface area contributed by atoms with Crippen molar-refractivity contribution in [1.82, 2.24) is 5.32 Å². The second kappa shape index (κ2) is 6.51. The van der Waals surface area contributed by atoms with Gasteiger partial charge in [0.1, 0.15) is 10.6 Å². The molecule has 1 rings (SSSR count). The van der Waals surface area contributed by atoms with Crippen LogP contribution in [0.3, 0.4) is 0 Å². The zero-order valence-corrected chi connectivity index (χ0v) is 10.1. The molecule has 7 heteroatoms. The molecule has 0 aliphatic rings. The van der Waals surface area contributed by atoms with Gasteiger partial charge >= 0.3 is 6.61 Å². The fourth-order valence-corrected chi connectivity index (χ4v) is 1.88. The van der Waals surface area contributed by atoms with Crippen LogP contribution >= 0.6 is 11.3 Å². The minimum Gasteiger partial charge on any atom is -0.433 e. The number of carbonyl (C=O) groups is 1. The van der Waals surface area contributed by atoms with Crippen LogP contribution in [0, 0.1) is 0 Å². The molecule has 0 fully saturated rings. The minimum absolute atomic E-state index is 0.0181. The fourth-order valence-electron chi connectivity index (χ4n) is 1.15. The summed E-state index contributed by atoms with van der Waals surface area (Å²) < 4.78 is 28.3. The van der Waals surface area contributed by atoms with Gasteiger partial charge in [0, 0.05) is 12.6 Å². The number of amides is 1. The van der Waals surface area contributed by atoms with Crippen molar-refractivity contribution in [3.63, 3.8) is 0 Å². The topological polar surface area (TPSA) is 64.3 Å². The van der Waals surface area contributed by atoms with E-state index in [1.807, 2.05) is 6.92 Å². The van der Waals surface area contributed by atoms with Crippen LogP contribution in [0.5, 0.6) is 5.75 Å². The normalized spacial score (nSPS) is 12.5. The maximum Gasteiger partial charge on any atom is 0.387 e. The maximum atomic E-state index is 12.0. The van der Waals surface area contributed by atoms with Crippen molar-refractivity contribution in [2.75, 3.05) is 6.54 Å². The van der Waals surface area contributed by atoms with E-state index in [9.17, 15) is 13.6 Å². The van der Waals surface area contributed by atoms with E-state index in [-0.39, 0.29) is 16.7 Å². The molecule has 1 amide bonds. The number of halogens is 2. The third kappa shape index (κ3) is 4.66. The Morgan fingerprint density at radius 1 is 1.65 bits per heavy atom. The first-order chi connectivity index (χ1) is 8.00. The highest BCUT2D eigenvalue weighted by atomic mass is 32.1. The predicted molar refractivity (Wildman–Crippen MR) is 61.6 cm³/mol. The Morgan fingerprint density at radius 3 is 2.94 bits per heavy atom. The van der Waals surface area contributed by atoms with Crippen LogP contribution < -0.4 is 15.8 Å². The molecule has 3 N–H and O–H groups in total. The molecule has 1 atom stereocenters. The Labute approximate surface area is 102 Å². The van der Waals surface area contributed by atoms with E-state index in [1.54, 1.807) is 0 Å². The van der Waals surface area contributed by atoms with Gasteiger partial charge in [-0.15, -0.1) is 11.3 Å². The SMILES string of the molecule is CC(N)CCNC(=O)c1sccc1OC(F)F. The summed E-state index contributed by atoms with van der Waals surface area (Å²) >= 11 is 1.06. The van der Waals surface area contributed by atoms with Gasteiger partial charge in [-0.3, -0.25) is 4.79 Å². The molecule has 0 saturated heterocycles. The Balaban J connectivity index is 2.53. The zero-order chi connectivity index (χ0) is 12.8. The van der Waals surface area contributed by atoms with Crippen LogP contribution in [0.15, 0.2) is 11.4 Å². The fraction of sp³-hybridized carbons (Fsp3) is 0.500. The lowest BCUT2D eigenvalue weighted by Crippen LogP contribution is -2.28. The number of thiophene rings is 1. The molecule has 0 spiro atoms. The van der Waals surface area contributed by atoms with Crippen LogP contribution in [0.2, 0.25) is 0 Å². The summed E-state index contributed by atoms with van der Waals surface area (Å²) in [5, 5.41) is 4.12. The number of ether oxygens (including phenoxy) is 1. The minimum atomic E-state index is -2.93. The molecule has 96 valence electrons. The molecule has 4 nitrogen and oxygen atoms in total. The van der Waals surface area contributed by atoms with Crippen molar-refractivity contribution in [2.45, 2.75) is 26.0 Å². The second-order valence-electron chi connectivity index (χ2n) is 3.51. The lowest BCUT2D eigenvalue weighted by Gasteiger charge is -2.08. The molecule has 0 bridgehead atoms. The van der Waals surface area contributed by atoms with E-state index >= 15 is 0 Å². The monoisotopic (exact) mass is 264 g/mol. The number of hydrogen-bond donors (Lipinski definition) is 2. The van der Waals surface area contributed by atoms with Gasteiger partial charge < -0.3 is 15.8 Å². The second-order valence-corrected chi connectivity index (χ2v) is 4.43. The lowest BCUT2D eigenvalue weighted by molar-refractivity contribution is -0.0498. The van der Waals surface area contributed by atoms with E-state index < -0.39 is 12.5 Å². The first kappa shape index (κ1) is 13.9. The van der Waals surface area contributed by atoms with Gasteiger partial charge in [0.05, 0.1) is 0 Å². The van der Waals surface area contributed by atoms with Crippen molar-refractivity contribution in [1.29, 1.82) is 0 Å². The van der Waals surface area contributed by atoms with Gasteiger partial charge in [-0.05, 0) is 24.8 Å². The smallest absolute Gasteiger partial charge is 0.387 e. The quantitative estimate of drug-likeness (QED) is 0.823. The van der Waals surface area contributed by atoms with Crippen LogP contribution in [-0.2, 0) is 0 Å². The standard InChI is InChI=1S/C10H14F2N2O2S/c1-6(13)2-4-14-9(15)8-7(3-5-17-8)16-10(11)12/h3,5-6,10H,2,4,13H2,1H3,(H,14,15). The number of nitrogens with two attached hydrogens (primary N) is 1. The molecule has 0 radical (unpaired) electrons. The van der Waals surface area contributed by atoms with Crippen molar-refractivity contribution in [3.8, 4) is 5.75 Å². The molecule has 1 aromatic rings. The van der Waals surface area contributed by atoms with Crippen molar-refractivity contribution in [2.24, 2.45) is 5.73 Å². The van der Waals surface area contributed by atoms with E-state index in [0.717, 1.165) is 11.3 Å². The van der Waals surface area contributed by atoms with Crippen LogP contribution in [0.1, 0.15) is 23.0 Å². The highest BCUT2D eigenvalue weighted by Crippen LogP contribution is 2.26. The molecule has 0 aliphatic carbocycles. The Bertz CT molecular complexity index is 369. The third-order valence-corrected chi connectivity index (χ3v) is 2.83. The number of carbonyl (C=O) groups excluding carboxylic acids is 1. The Morgan fingerprint density at radius 2 is 2.35 bits per heavy atom. The molecular weight excluding hydrogens is 250 g/mol. The first-order valence-corrected chi connectivity index (χ1v) is 5.94. The van der Waals surface area contributed by atoms with Gasteiger partial charge in [-0.1, -0.05) is 0 Å².